The molecule has 3 fully saturated rings. The molecule has 1 aromatic rings. The normalized spacial score (nSPS) is 26.2. The van der Waals surface area contributed by atoms with Gasteiger partial charge in [-0.2, -0.15) is 0 Å². The average Bonchev–Trinajstić information content (AvgIpc) is 2.36. The van der Waals surface area contributed by atoms with Gasteiger partial charge in [0.05, 0.1) is 0 Å². The van der Waals surface area contributed by atoms with Crippen molar-refractivity contribution in [2.24, 2.45) is 0 Å². The summed E-state index contributed by atoms with van der Waals surface area (Å²) in [4.78, 5) is 13.6. The van der Waals surface area contributed by atoms with Crippen LogP contribution in [0.25, 0.3) is 0 Å². The molecule has 2 unspecified atom stereocenters. The van der Waals surface area contributed by atoms with E-state index >= 15 is 0 Å². The third kappa shape index (κ3) is 2.26. The number of ether oxygens (including phenoxy) is 1. The van der Waals surface area contributed by atoms with Crippen molar-refractivity contribution in [1.82, 2.24) is 10.2 Å². The summed E-state index contributed by atoms with van der Waals surface area (Å²) in [6, 6.07) is 10.7. The van der Waals surface area contributed by atoms with Crippen molar-refractivity contribution in [2.45, 2.75) is 25.1 Å². The predicted molar refractivity (Wildman–Crippen MR) is 63.5 cm³/mol. The summed E-state index contributed by atoms with van der Waals surface area (Å²) < 4.78 is 5.30. The molecule has 2 atom stereocenters. The minimum absolute atomic E-state index is 0.190. The van der Waals surface area contributed by atoms with Crippen LogP contribution in [0.3, 0.4) is 0 Å². The fourth-order valence-corrected chi connectivity index (χ4v) is 2.47. The van der Waals surface area contributed by atoms with Gasteiger partial charge in [-0.15, -0.1) is 0 Å². The quantitative estimate of drug-likeness (QED) is 0.837. The van der Waals surface area contributed by atoms with Gasteiger partial charge in [0.25, 0.3) is 0 Å². The Morgan fingerprint density at radius 1 is 1.29 bits per heavy atom. The van der Waals surface area contributed by atoms with Gasteiger partial charge in [-0.05, 0) is 12.0 Å². The Hall–Kier alpha value is -1.55. The van der Waals surface area contributed by atoms with Gasteiger partial charge >= 0.3 is 6.09 Å². The summed E-state index contributed by atoms with van der Waals surface area (Å²) in [5, 5.41) is 3.39. The maximum absolute atomic E-state index is 11.8. The van der Waals surface area contributed by atoms with Crippen molar-refractivity contribution in [3.05, 3.63) is 35.9 Å². The minimum Gasteiger partial charge on any atom is -0.445 e. The second-order valence-electron chi connectivity index (χ2n) is 4.74. The predicted octanol–water partition coefficient (Wildman–Crippen LogP) is 1.37. The SMILES string of the molecule is O=C(OCc1ccccc1)N1CC2CC(C1)N2. The van der Waals surface area contributed by atoms with Crippen LogP contribution in [0.1, 0.15) is 12.0 Å². The topological polar surface area (TPSA) is 41.6 Å². The maximum Gasteiger partial charge on any atom is 0.410 e. The number of nitrogens with zero attached hydrogens (tertiary/aromatic N) is 1. The van der Waals surface area contributed by atoms with E-state index in [-0.39, 0.29) is 6.09 Å². The molecule has 0 aliphatic carbocycles. The number of carbonyl (C=O) groups excluding carboxylic acids is 1. The van der Waals surface area contributed by atoms with Crippen molar-refractivity contribution in [2.75, 3.05) is 13.1 Å². The molecule has 3 saturated heterocycles. The Balaban J connectivity index is 1.50. The Morgan fingerprint density at radius 2 is 1.94 bits per heavy atom. The number of piperidine rings is 1. The van der Waals surface area contributed by atoms with E-state index in [1.54, 1.807) is 4.90 Å². The molecule has 0 radical (unpaired) electrons. The molecule has 1 aromatic carbocycles. The van der Waals surface area contributed by atoms with Gasteiger partial charge in [0.15, 0.2) is 0 Å². The van der Waals surface area contributed by atoms with Crippen molar-refractivity contribution in [1.29, 1.82) is 0 Å². The van der Waals surface area contributed by atoms with Gasteiger partial charge in [-0.1, -0.05) is 30.3 Å². The molecule has 0 saturated carbocycles. The van der Waals surface area contributed by atoms with Gasteiger partial charge in [0.1, 0.15) is 6.61 Å². The monoisotopic (exact) mass is 232 g/mol. The van der Waals surface area contributed by atoms with E-state index in [1.165, 1.54) is 6.42 Å². The standard InChI is InChI=1S/C13H16N2O2/c16-13(15-7-11-6-12(8-15)14-11)17-9-10-4-2-1-3-5-10/h1-5,11-12,14H,6-9H2. The Labute approximate surface area is 101 Å². The highest BCUT2D eigenvalue weighted by Crippen LogP contribution is 2.21. The molecule has 17 heavy (non-hydrogen) atoms. The molecule has 2 bridgehead atoms. The highest BCUT2D eigenvalue weighted by Gasteiger charge is 2.38. The first-order valence-corrected chi connectivity index (χ1v) is 6.03. The van der Waals surface area contributed by atoms with Crippen LogP contribution in [0.4, 0.5) is 4.79 Å². The van der Waals surface area contributed by atoms with E-state index in [9.17, 15) is 4.79 Å². The number of benzene rings is 1. The number of hydrogen-bond donors (Lipinski definition) is 1. The van der Waals surface area contributed by atoms with E-state index in [4.69, 9.17) is 4.74 Å². The van der Waals surface area contributed by atoms with Crippen molar-refractivity contribution in [3.63, 3.8) is 0 Å². The fraction of sp³-hybridized carbons (Fsp3) is 0.462. The third-order valence-electron chi connectivity index (χ3n) is 3.39. The van der Waals surface area contributed by atoms with E-state index in [1.807, 2.05) is 30.3 Å². The van der Waals surface area contributed by atoms with Gasteiger partial charge < -0.3 is 15.0 Å². The number of piperazine rings is 1. The van der Waals surface area contributed by atoms with Crippen LogP contribution in [0, 0.1) is 0 Å². The molecule has 3 heterocycles. The summed E-state index contributed by atoms with van der Waals surface area (Å²) in [7, 11) is 0. The van der Waals surface area contributed by atoms with Crippen LogP contribution in [0.5, 0.6) is 0 Å². The smallest absolute Gasteiger partial charge is 0.410 e. The fourth-order valence-electron chi connectivity index (χ4n) is 2.47. The molecule has 4 nitrogen and oxygen atoms in total. The van der Waals surface area contributed by atoms with E-state index in [0.717, 1.165) is 18.7 Å². The average molecular weight is 232 g/mol. The Bertz CT molecular complexity index is 391. The van der Waals surface area contributed by atoms with Gasteiger partial charge in [-0.3, -0.25) is 0 Å². The lowest BCUT2D eigenvalue weighted by Crippen LogP contribution is -2.67. The van der Waals surface area contributed by atoms with Crippen molar-refractivity contribution < 1.29 is 9.53 Å². The zero-order valence-corrected chi connectivity index (χ0v) is 9.63. The molecular formula is C13H16N2O2. The first-order valence-electron chi connectivity index (χ1n) is 6.03. The minimum atomic E-state index is -0.190. The molecule has 90 valence electrons. The zero-order valence-electron chi connectivity index (χ0n) is 9.63. The molecule has 3 aliphatic rings. The van der Waals surface area contributed by atoms with E-state index in [2.05, 4.69) is 5.32 Å². The summed E-state index contributed by atoms with van der Waals surface area (Å²) in [5.74, 6) is 0. The van der Waals surface area contributed by atoms with E-state index in [0.29, 0.717) is 18.7 Å². The molecule has 1 amide bonds. The number of fused-ring (bicyclic) bond motifs is 2. The van der Waals surface area contributed by atoms with Crippen LogP contribution in [0.2, 0.25) is 0 Å². The highest BCUT2D eigenvalue weighted by molar-refractivity contribution is 5.68. The molecule has 3 aliphatic heterocycles. The van der Waals surface area contributed by atoms with Crippen molar-refractivity contribution >= 4 is 6.09 Å². The largest absolute Gasteiger partial charge is 0.445 e. The summed E-state index contributed by atoms with van der Waals surface area (Å²) in [6.07, 6.45) is 1.01. The molecule has 4 heteroatoms. The molecular weight excluding hydrogens is 216 g/mol. The van der Waals surface area contributed by atoms with Gasteiger partial charge in [0, 0.05) is 25.2 Å². The molecule has 1 N–H and O–H groups in total. The second-order valence-corrected chi connectivity index (χ2v) is 4.74. The number of rotatable bonds is 2. The first-order chi connectivity index (χ1) is 8.31. The Morgan fingerprint density at radius 3 is 2.59 bits per heavy atom. The van der Waals surface area contributed by atoms with Crippen LogP contribution in [-0.2, 0) is 11.3 Å². The van der Waals surface area contributed by atoms with Gasteiger partial charge in [0.2, 0.25) is 0 Å². The van der Waals surface area contributed by atoms with Crippen molar-refractivity contribution in [3.8, 4) is 0 Å². The number of carbonyl (C=O) groups is 1. The molecule has 4 rings (SSSR count). The maximum atomic E-state index is 11.8. The number of amides is 1. The van der Waals surface area contributed by atoms with Crippen LogP contribution in [0.15, 0.2) is 30.3 Å². The van der Waals surface area contributed by atoms with Crippen LogP contribution < -0.4 is 5.32 Å². The lowest BCUT2D eigenvalue weighted by molar-refractivity contribution is 0.0458. The third-order valence-corrected chi connectivity index (χ3v) is 3.39. The summed E-state index contributed by atoms with van der Waals surface area (Å²) >= 11 is 0. The van der Waals surface area contributed by atoms with Gasteiger partial charge in [-0.25, -0.2) is 4.79 Å². The second kappa shape index (κ2) is 4.37. The lowest BCUT2D eigenvalue weighted by atomic mass is 9.92. The molecule has 0 aromatic heterocycles. The lowest BCUT2D eigenvalue weighted by Gasteiger charge is -2.47. The van der Waals surface area contributed by atoms with E-state index < -0.39 is 0 Å². The number of nitrogens with one attached hydrogen (secondary N) is 1. The first kappa shape index (κ1) is 10.6. The zero-order chi connectivity index (χ0) is 11.7. The number of hydrogen-bond acceptors (Lipinski definition) is 3. The van der Waals surface area contributed by atoms with Crippen LogP contribution in [-0.4, -0.2) is 36.2 Å². The summed E-state index contributed by atoms with van der Waals surface area (Å²) in [6.45, 7) is 1.92. The molecule has 0 spiro atoms. The van der Waals surface area contributed by atoms with Crippen LogP contribution >= 0.6 is 0 Å². The Kier molecular flexibility index (Phi) is 2.73. The highest BCUT2D eigenvalue weighted by atomic mass is 16.6. The summed E-state index contributed by atoms with van der Waals surface area (Å²) in [5.41, 5.74) is 1.03.